The van der Waals surface area contributed by atoms with Crippen molar-refractivity contribution in [3.05, 3.63) is 36.5 Å². The van der Waals surface area contributed by atoms with Crippen LogP contribution in [0.25, 0.3) is 0 Å². The van der Waals surface area contributed by atoms with Gasteiger partial charge in [-0.15, -0.1) is 0 Å². The molecule has 9 nitrogen and oxygen atoms in total. The molecule has 0 radical (unpaired) electrons. The highest BCUT2D eigenvalue weighted by atomic mass is 16.7. The summed E-state index contributed by atoms with van der Waals surface area (Å²) in [5.74, 6) is -2.01. The lowest BCUT2D eigenvalue weighted by Gasteiger charge is -2.25. The zero-order chi connectivity index (χ0) is 51.3. The molecular weight excluding hydrogens is 875 g/mol. The number of carboxylic acids is 1. The molecule has 9 heteroatoms. The average molecular weight is 990 g/mol. The Labute approximate surface area is 432 Å². The summed E-state index contributed by atoms with van der Waals surface area (Å²) >= 11 is 0. The van der Waals surface area contributed by atoms with E-state index in [9.17, 15) is 19.5 Å². The molecule has 2 unspecified atom stereocenters. The van der Waals surface area contributed by atoms with Crippen LogP contribution in [0.15, 0.2) is 36.5 Å². The van der Waals surface area contributed by atoms with Gasteiger partial charge in [-0.2, -0.15) is 0 Å². The second-order valence-electron chi connectivity index (χ2n) is 21.3. The van der Waals surface area contributed by atoms with Gasteiger partial charge in [-0.3, -0.25) is 9.59 Å². The summed E-state index contributed by atoms with van der Waals surface area (Å²) in [5, 5.41) is 9.69. The molecule has 0 aliphatic carbocycles. The van der Waals surface area contributed by atoms with E-state index in [-0.39, 0.29) is 32.2 Å². The van der Waals surface area contributed by atoms with Crippen LogP contribution in [0.2, 0.25) is 0 Å². The molecule has 410 valence electrons. The third-order valence-corrected chi connectivity index (χ3v) is 13.1. The number of carbonyl (C=O) groups is 3. The highest BCUT2D eigenvalue weighted by Gasteiger charge is 2.25. The van der Waals surface area contributed by atoms with Crippen LogP contribution in [-0.2, 0) is 33.3 Å². The lowest BCUT2D eigenvalue weighted by atomic mass is 10.0. The van der Waals surface area contributed by atoms with Gasteiger partial charge in [0.2, 0.25) is 0 Å². The van der Waals surface area contributed by atoms with E-state index in [0.717, 1.165) is 57.8 Å². The maximum Gasteiger partial charge on any atom is 0.361 e. The number of rotatable bonds is 55. The first-order chi connectivity index (χ1) is 34.1. The number of likely N-dealkylation sites (N-methyl/N-ethyl adjacent to an activating group) is 1. The Kier molecular flexibility index (Phi) is 50.9. The molecule has 0 saturated heterocycles. The fourth-order valence-electron chi connectivity index (χ4n) is 8.51. The molecule has 0 aliphatic heterocycles. The van der Waals surface area contributed by atoms with E-state index in [4.69, 9.17) is 18.9 Å². The molecule has 0 aromatic rings. The second-order valence-corrected chi connectivity index (χ2v) is 21.3. The minimum Gasteiger partial charge on any atom is -0.477 e. The fourth-order valence-corrected chi connectivity index (χ4v) is 8.51. The monoisotopic (exact) mass is 989 g/mol. The van der Waals surface area contributed by atoms with Crippen molar-refractivity contribution in [2.75, 3.05) is 47.5 Å². The van der Waals surface area contributed by atoms with E-state index >= 15 is 0 Å². The minimum atomic E-state index is -1.51. The Morgan fingerprint density at radius 3 is 1.16 bits per heavy atom. The Hall–Kier alpha value is -2.49. The van der Waals surface area contributed by atoms with Gasteiger partial charge in [0, 0.05) is 12.8 Å². The van der Waals surface area contributed by atoms with Gasteiger partial charge in [0.05, 0.1) is 34.4 Å². The zero-order valence-electron chi connectivity index (χ0n) is 46.7. The number of unbranched alkanes of at least 4 members (excludes halogenated alkanes) is 34. The SMILES string of the molecule is CCCCCC/C=C\C/C=C\CCCCCCCC(=O)OC(COC(=O)CCCCCCCCCCCCCCCCCCC/C=C\CCCCCCCCCC)COC(OCC[N+](C)(C)C)C(=O)O. The van der Waals surface area contributed by atoms with Crippen LogP contribution in [0, 0.1) is 0 Å². The maximum atomic E-state index is 12.8. The van der Waals surface area contributed by atoms with Crippen LogP contribution in [-0.4, -0.2) is 87.4 Å². The number of ether oxygens (including phenoxy) is 4. The van der Waals surface area contributed by atoms with Gasteiger partial charge in [0.15, 0.2) is 6.10 Å². The third-order valence-electron chi connectivity index (χ3n) is 13.1. The molecule has 0 amide bonds. The Morgan fingerprint density at radius 1 is 0.429 bits per heavy atom. The van der Waals surface area contributed by atoms with Crippen LogP contribution in [0.4, 0.5) is 0 Å². The van der Waals surface area contributed by atoms with Crippen molar-refractivity contribution < 1.29 is 42.9 Å². The van der Waals surface area contributed by atoms with E-state index in [2.05, 4.69) is 50.3 Å². The number of carboxylic acid groups (broad SMARTS) is 1. The van der Waals surface area contributed by atoms with E-state index in [1.54, 1.807) is 0 Å². The fraction of sp³-hybridized carbons (Fsp3) is 0.852. The lowest BCUT2D eigenvalue weighted by Crippen LogP contribution is -2.40. The predicted octanol–water partition coefficient (Wildman–Crippen LogP) is 17.3. The standard InChI is InChI=1S/C61H113NO8/c1-6-8-10-12-14-16-18-20-22-24-25-26-27-28-29-30-31-32-33-34-35-36-38-39-41-43-45-47-49-51-58(63)68-55-57(56-69-61(60(65)66)67-54-53-62(3,4)5)70-59(64)52-50-48-46-44-42-40-37-23-21-19-17-15-13-11-9-7-2/h17,19,23-25,37,57,61H,6-16,18,20-22,26-36,38-56H2,1-5H3/p+1/b19-17-,25-24-,37-23-. The highest BCUT2D eigenvalue weighted by Crippen LogP contribution is 2.17. The molecule has 2 atom stereocenters. The maximum absolute atomic E-state index is 12.8. The number of allylic oxidation sites excluding steroid dienone is 6. The van der Waals surface area contributed by atoms with Crippen LogP contribution < -0.4 is 0 Å². The molecule has 0 aliphatic rings. The van der Waals surface area contributed by atoms with Crippen LogP contribution >= 0.6 is 0 Å². The topological polar surface area (TPSA) is 108 Å². The molecule has 0 aromatic carbocycles. The molecule has 1 N–H and O–H groups in total. The van der Waals surface area contributed by atoms with Crippen molar-refractivity contribution in [3.63, 3.8) is 0 Å². The second kappa shape index (κ2) is 52.8. The zero-order valence-corrected chi connectivity index (χ0v) is 46.7. The largest absolute Gasteiger partial charge is 0.477 e. The quantitative estimate of drug-likeness (QED) is 0.0211. The average Bonchev–Trinajstić information content (AvgIpc) is 3.33. The summed E-state index contributed by atoms with van der Waals surface area (Å²) in [6.45, 7) is 4.87. The Balaban J connectivity index is 4.13. The van der Waals surface area contributed by atoms with Crippen LogP contribution in [0.1, 0.15) is 277 Å². The summed E-state index contributed by atoms with van der Waals surface area (Å²) in [4.78, 5) is 37.4. The van der Waals surface area contributed by atoms with E-state index in [1.165, 1.54) is 186 Å². The number of hydrogen-bond acceptors (Lipinski definition) is 7. The summed E-state index contributed by atoms with van der Waals surface area (Å²) in [6, 6.07) is 0. The summed E-state index contributed by atoms with van der Waals surface area (Å²) in [7, 11) is 5.97. The lowest BCUT2D eigenvalue weighted by molar-refractivity contribution is -0.870. The van der Waals surface area contributed by atoms with Crippen LogP contribution in [0.3, 0.4) is 0 Å². The predicted molar refractivity (Wildman–Crippen MR) is 295 cm³/mol. The first-order valence-corrected chi connectivity index (χ1v) is 29.7. The van der Waals surface area contributed by atoms with Gasteiger partial charge in [0.1, 0.15) is 13.2 Å². The van der Waals surface area contributed by atoms with E-state index < -0.39 is 24.3 Å². The van der Waals surface area contributed by atoms with E-state index in [1.807, 2.05) is 21.1 Å². The minimum absolute atomic E-state index is 0.185. The number of quaternary nitrogens is 1. The Morgan fingerprint density at radius 2 is 0.771 bits per heavy atom. The van der Waals surface area contributed by atoms with E-state index in [0.29, 0.717) is 23.9 Å². The van der Waals surface area contributed by atoms with Gasteiger partial charge in [-0.05, 0) is 70.6 Å². The normalized spacial score (nSPS) is 13.0. The van der Waals surface area contributed by atoms with Gasteiger partial charge >= 0.3 is 17.9 Å². The molecular formula is C61H114NO8+. The number of esters is 2. The highest BCUT2D eigenvalue weighted by molar-refractivity contribution is 5.71. The number of hydrogen-bond donors (Lipinski definition) is 1. The molecule has 0 rings (SSSR count). The first kappa shape index (κ1) is 67.5. The summed E-state index contributed by atoms with van der Waals surface area (Å²) in [6.07, 6.45) is 60.9. The summed E-state index contributed by atoms with van der Waals surface area (Å²) in [5.41, 5.74) is 0. The molecule has 0 saturated carbocycles. The summed E-state index contributed by atoms with van der Waals surface area (Å²) < 4.78 is 22.9. The van der Waals surface area contributed by atoms with Gasteiger partial charge in [-0.1, -0.05) is 230 Å². The third kappa shape index (κ3) is 53.3. The molecule has 0 spiro atoms. The molecule has 0 aromatic heterocycles. The first-order valence-electron chi connectivity index (χ1n) is 29.7. The van der Waals surface area contributed by atoms with Crippen molar-refractivity contribution in [2.24, 2.45) is 0 Å². The van der Waals surface area contributed by atoms with Crippen molar-refractivity contribution in [2.45, 2.75) is 289 Å². The Bertz CT molecular complexity index is 1240. The van der Waals surface area contributed by atoms with Gasteiger partial charge in [0.25, 0.3) is 6.29 Å². The van der Waals surface area contributed by atoms with Gasteiger partial charge < -0.3 is 28.5 Å². The molecule has 0 bridgehead atoms. The number of nitrogens with zero attached hydrogens (tertiary/aromatic N) is 1. The molecule has 70 heavy (non-hydrogen) atoms. The number of carbonyl (C=O) groups excluding carboxylic acids is 2. The smallest absolute Gasteiger partial charge is 0.361 e. The van der Waals surface area contributed by atoms with Crippen molar-refractivity contribution in [1.29, 1.82) is 0 Å². The van der Waals surface area contributed by atoms with Crippen LogP contribution in [0.5, 0.6) is 0 Å². The van der Waals surface area contributed by atoms with Crippen molar-refractivity contribution >= 4 is 17.9 Å². The van der Waals surface area contributed by atoms with Crippen molar-refractivity contribution in [1.82, 2.24) is 0 Å². The molecule has 0 fully saturated rings. The van der Waals surface area contributed by atoms with Gasteiger partial charge in [-0.25, -0.2) is 4.79 Å². The number of aliphatic carboxylic acids is 1. The molecule has 0 heterocycles. The van der Waals surface area contributed by atoms with Crippen molar-refractivity contribution in [3.8, 4) is 0 Å².